The molecule has 15 heavy (non-hydrogen) atoms. The van der Waals surface area contributed by atoms with Gasteiger partial charge in [0.15, 0.2) is 0 Å². The van der Waals surface area contributed by atoms with E-state index in [9.17, 15) is 4.79 Å². The zero-order valence-electron chi connectivity index (χ0n) is 9.08. The first-order valence-electron chi connectivity index (χ1n) is 5.19. The number of hydrogen-bond acceptors (Lipinski definition) is 4. The van der Waals surface area contributed by atoms with Crippen LogP contribution in [-0.2, 0) is 13.0 Å². The highest BCUT2D eigenvalue weighted by molar-refractivity contribution is 5.27. The molecule has 0 spiro atoms. The molecule has 1 aliphatic heterocycles. The molecule has 1 aromatic rings. The minimum Gasteiger partial charge on any atom is -0.369 e. The molecule has 5 heteroatoms. The number of aromatic nitrogens is 2. The first-order chi connectivity index (χ1) is 7.08. The second-order valence-corrected chi connectivity index (χ2v) is 4.19. The summed E-state index contributed by atoms with van der Waals surface area (Å²) in [7, 11) is 0. The van der Waals surface area contributed by atoms with E-state index < -0.39 is 0 Å². The standard InChI is InChI=1S/C10H16N4O/c1-6(2)14-4-3-8-7(5-14)9(15)13-10(11)12-8/h6H,3-5H2,1-2H3,(H3,11,12,13,15). The fourth-order valence-electron chi connectivity index (χ4n) is 1.91. The summed E-state index contributed by atoms with van der Waals surface area (Å²) in [6, 6.07) is 0.454. The normalized spacial score (nSPS) is 16.7. The molecule has 0 unspecified atom stereocenters. The average Bonchev–Trinajstić information content (AvgIpc) is 2.16. The number of H-pyrrole nitrogens is 1. The second kappa shape index (κ2) is 3.66. The minimum absolute atomic E-state index is 0.0946. The van der Waals surface area contributed by atoms with Gasteiger partial charge in [0, 0.05) is 25.6 Å². The zero-order valence-corrected chi connectivity index (χ0v) is 9.08. The van der Waals surface area contributed by atoms with Crippen molar-refractivity contribution >= 4 is 5.95 Å². The Morgan fingerprint density at radius 3 is 2.93 bits per heavy atom. The molecular formula is C10H16N4O. The van der Waals surface area contributed by atoms with Gasteiger partial charge in [-0.05, 0) is 13.8 Å². The summed E-state index contributed by atoms with van der Waals surface area (Å²) in [6.45, 7) is 5.88. The van der Waals surface area contributed by atoms with Gasteiger partial charge in [0.1, 0.15) is 0 Å². The largest absolute Gasteiger partial charge is 0.369 e. The van der Waals surface area contributed by atoms with Gasteiger partial charge in [-0.1, -0.05) is 0 Å². The van der Waals surface area contributed by atoms with Crippen molar-refractivity contribution in [3.63, 3.8) is 0 Å². The molecule has 5 nitrogen and oxygen atoms in total. The number of hydrogen-bond donors (Lipinski definition) is 2. The van der Waals surface area contributed by atoms with E-state index >= 15 is 0 Å². The maximum atomic E-state index is 11.7. The Hall–Kier alpha value is -1.36. The third-order valence-corrected chi connectivity index (χ3v) is 2.85. The quantitative estimate of drug-likeness (QED) is 0.687. The van der Waals surface area contributed by atoms with Crippen molar-refractivity contribution in [3.8, 4) is 0 Å². The molecule has 0 saturated heterocycles. The van der Waals surface area contributed by atoms with Crippen LogP contribution in [0.3, 0.4) is 0 Å². The summed E-state index contributed by atoms with van der Waals surface area (Å²) >= 11 is 0. The van der Waals surface area contributed by atoms with E-state index in [1.54, 1.807) is 0 Å². The van der Waals surface area contributed by atoms with E-state index in [-0.39, 0.29) is 11.5 Å². The number of nitrogens with one attached hydrogen (secondary N) is 1. The van der Waals surface area contributed by atoms with Crippen LogP contribution in [-0.4, -0.2) is 27.5 Å². The van der Waals surface area contributed by atoms with Gasteiger partial charge in [-0.25, -0.2) is 4.98 Å². The Balaban J connectivity index is 2.38. The third kappa shape index (κ3) is 1.87. The molecule has 2 rings (SSSR count). The van der Waals surface area contributed by atoms with Gasteiger partial charge < -0.3 is 5.73 Å². The molecule has 0 radical (unpaired) electrons. The number of rotatable bonds is 1. The lowest BCUT2D eigenvalue weighted by Crippen LogP contribution is -2.39. The lowest BCUT2D eigenvalue weighted by molar-refractivity contribution is 0.200. The van der Waals surface area contributed by atoms with Crippen LogP contribution in [0, 0.1) is 0 Å². The highest BCUT2D eigenvalue weighted by Gasteiger charge is 2.21. The highest BCUT2D eigenvalue weighted by atomic mass is 16.1. The number of aromatic amines is 1. The third-order valence-electron chi connectivity index (χ3n) is 2.85. The summed E-state index contributed by atoms with van der Waals surface area (Å²) in [5, 5.41) is 0. The van der Waals surface area contributed by atoms with Gasteiger partial charge in [0.2, 0.25) is 5.95 Å². The van der Waals surface area contributed by atoms with E-state index in [4.69, 9.17) is 5.73 Å². The molecule has 3 N–H and O–H groups in total. The zero-order chi connectivity index (χ0) is 11.0. The lowest BCUT2D eigenvalue weighted by Gasteiger charge is -2.30. The first kappa shape index (κ1) is 10.2. The lowest BCUT2D eigenvalue weighted by atomic mass is 10.1. The Bertz CT molecular complexity index is 424. The molecular weight excluding hydrogens is 192 g/mol. The van der Waals surface area contributed by atoms with E-state index in [0.29, 0.717) is 12.6 Å². The topological polar surface area (TPSA) is 75.0 Å². The fourth-order valence-corrected chi connectivity index (χ4v) is 1.91. The van der Waals surface area contributed by atoms with Crippen molar-refractivity contribution in [1.82, 2.24) is 14.9 Å². The number of nitrogens with two attached hydrogens (primary N) is 1. The highest BCUT2D eigenvalue weighted by Crippen LogP contribution is 2.15. The van der Waals surface area contributed by atoms with Gasteiger partial charge in [-0.3, -0.25) is 14.7 Å². The summed E-state index contributed by atoms with van der Waals surface area (Å²) in [5.74, 6) is 0.219. The molecule has 0 saturated carbocycles. The summed E-state index contributed by atoms with van der Waals surface area (Å²) < 4.78 is 0. The van der Waals surface area contributed by atoms with E-state index in [0.717, 1.165) is 24.2 Å². The van der Waals surface area contributed by atoms with Crippen molar-refractivity contribution in [2.24, 2.45) is 0 Å². The van der Waals surface area contributed by atoms with Gasteiger partial charge in [0.25, 0.3) is 5.56 Å². The Kier molecular flexibility index (Phi) is 2.48. The number of anilines is 1. The first-order valence-corrected chi connectivity index (χ1v) is 5.19. The van der Waals surface area contributed by atoms with Crippen LogP contribution in [0.5, 0.6) is 0 Å². The molecule has 0 bridgehead atoms. The predicted molar refractivity (Wildman–Crippen MR) is 58.5 cm³/mol. The van der Waals surface area contributed by atoms with Gasteiger partial charge in [-0.15, -0.1) is 0 Å². The van der Waals surface area contributed by atoms with Crippen LogP contribution < -0.4 is 11.3 Å². The van der Waals surface area contributed by atoms with Gasteiger partial charge >= 0.3 is 0 Å². The maximum Gasteiger partial charge on any atom is 0.257 e. The molecule has 2 heterocycles. The van der Waals surface area contributed by atoms with Crippen molar-refractivity contribution in [3.05, 3.63) is 21.6 Å². The number of nitrogen functional groups attached to an aromatic ring is 1. The van der Waals surface area contributed by atoms with Crippen LogP contribution in [0.1, 0.15) is 25.1 Å². The van der Waals surface area contributed by atoms with Crippen LogP contribution >= 0.6 is 0 Å². The summed E-state index contributed by atoms with van der Waals surface area (Å²) in [6.07, 6.45) is 0.807. The van der Waals surface area contributed by atoms with Crippen molar-refractivity contribution in [2.45, 2.75) is 32.9 Å². The Morgan fingerprint density at radius 2 is 2.27 bits per heavy atom. The summed E-state index contributed by atoms with van der Waals surface area (Å²) in [5.41, 5.74) is 7.02. The van der Waals surface area contributed by atoms with Gasteiger partial charge in [-0.2, -0.15) is 0 Å². The van der Waals surface area contributed by atoms with Crippen molar-refractivity contribution in [1.29, 1.82) is 0 Å². The Morgan fingerprint density at radius 1 is 1.53 bits per heavy atom. The second-order valence-electron chi connectivity index (χ2n) is 4.19. The van der Waals surface area contributed by atoms with Crippen LogP contribution in [0.15, 0.2) is 4.79 Å². The number of fused-ring (bicyclic) bond motifs is 1. The van der Waals surface area contributed by atoms with Crippen molar-refractivity contribution < 1.29 is 0 Å². The molecule has 0 amide bonds. The average molecular weight is 208 g/mol. The van der Waals surface area contributed by atoms with E-state index in [2.05, 4.69) is 28.7 Å². The number of nitrogens with zero attached hydrogens (tertiary/aromatic N) is 2. The minimum atomic E-state index is -0.0946. The van der Waals surface area contributed by atoms with Gasteiger partial charge in [0.05, 0.1) is 11.3 Å². The maximum absolute atomic E-state index is 11.7. The summed E-state index contributed by atoms with van der Waals surface area (Å²) in [4.78, 5) is 20.6. The molecule has 0 fully saturated rings. The molecule has 1 aliphatic rings. The van der Waals surface area contributed by atoms with Crippen molar-refractivity contribution in [2.75, 3.05) is 12.3 Å². The van der Waals surface area contributed by atoms with Crippen LogP contribution in [0.25, 0.3) is 0 Å². The monoisotopic (exact) mass is 208 g/mol. The smallest absolute Gasteiger partial charge is 0.257 e. The van der Waals surface area contributed by atoms with E-state index in [1.807, 2.05) is 0 Å². The molecule has 82 valence electrons. The molecule has 0 aromatic carbocycles. The molecule has 1 aromatic heterocycles. The van der Waals surface area contributed by atoms with E-state index in [1.165, 1.54) is 0 Å². The fraction of sp³-hybridized carbons (Fsp3) is 0.600. The SMILES string of the molecule is CC(C)N1CCc2nc(N)[nH]c(=O)c2C1. The molecule has 0 atom stereocenters. The Labute approximate surface area is 88.3 Å². The molecule has 0 aliphatic carbocycles. The predicted octanol–water partition coefficient (Wildman–Crippen LogP) is 0.119. The van der Waals surface area contributed by atoms with Crippen LogP contribution in [0.4, 0.5) is 5.95 Å². The van der Waals surface area contributed by atoms with Crippen LogP contribution in [0.2, 0.25) is 0 Å².